The van der Waals surface area contributed by atoms with Crippen LogP contribution in [0.2, 0.25) is 0 Å². The zero-order valence-corrected chi connectivity index (χ0v) is 16.5. The fraction of sp³-hybridized carbons (Fsp3) is 0.619. The molecule has 1 atom stereocenters. The molecule has 2 aromatic heterocycles. The topological polar surface area (TPSA) is 76.6 Å². The molecule has 1 aliphatic carbocycles. The van der Waals surface area contributed by atoms with Gasteiger partial charge in [-0.3, -0.25) is 4.68 Å². The minimum absolute atomic E-state index is 0.277. The van der Waals surface area contributed by atoms with Crippen molar-refractivity contribution in [2.24, 2.45) is 4.99 Å². The zero-order valence-electron chi connectivity index (χ0n) is 16.5. The molecule has 3 heterocycles. The van der Waals surface area contributed by atoms with Crippen LogP contribution in [0.5, 0.6) is 0 Å². The number of ether oxygens (including phenoxy) is 1. The second-order valence-corrected chi connectivity index (χ2v) is 7.66. The maximum Gasteiger partial charge on any atom is 0.191 e. The van der Waals surface area contributed by atoms with Gasteiger partial charge < -0.3 is 19.8 Å². The van der Waals surface area contributed by atoms with Crippen molar-refractivity contribution < 1.29 is 9.15 Å². The number of aliphatic imine (C=N–C) groups is 1. The Balaban J connectivity index is 1.32. The molecule has 152 valence electrons. The van der Waals surface area contributed by atoms with Crippen molar-refractivity contribution in [1.82, 2.24) is 20.4 Å². The van der Waals surface area contributed by atoms with Crippen LogP contribution in [-0.2, 0) is 17.7 Å². The third-order valence-corrected chi connectivity index (χ3v) is 5.53. The average Bonchev–Trinajstić information content (AvgIpc) is 3.50. The summed E-state index contributed by atoms with van der Waals surface area (Å²) in [5.74, 6) is 1.78. The summed E-state index contributed by atoms with van der Waals surface area (Å²) in [6, 6.07) is 6.57. The summed E-state index contributed by atoms with van der Waals surface area (Å²) >= 11 is 0. The summed E-state index contributed by atoms with van der Waals surface area (Å²) in [6.45, 7) is 2.98. The Morgan fingerprint density at radius 1 is 1.18 bits per heavy atom. The maximum atomic E-state index is 5.71. The number of furan rings is 1. The van der Waals surface area contributed by atoms with Crippen LogP contribution in [0.4, 0.5) is 0 Å². The van der Waals surface area contributed by atoms with E-state index in [1.54, 1.807) is 6.26 Å². The van der Waals surface area contributed by atoms with Crippen LogP contribution in [0.1, 0.15) is 56.0 Å². The van der Waals surface area contributed by atoms with E-state index in [9.17, 15) is 0 Å². The predicted molar refractivity (Wildman–Crippen MR) is 108 cm³/mol. The van der Waals surface area contributed by atoms with Crippen molar-refractivity contribution in [3.63, 3.8) is 0 Å². The van der Waals surface area contributed by atoms with Crippen LogP contribution < -0.4 is 10.6 Å². The normalized spacial score (nSPS) is 20.7. The van der Waals surface area contributed by atoms with Crippen molar-refractivity contribution in [2.75, 3.05) is 19.7 Å². The molecule has 1 aliphatic heterocycles. The van der Waals surface area contributed by atoms with E-state index >= 15 is 0 Å². The molecule has 1 saturated heterocycles. The fourth-order valence-corrected chi connectivity index (χ4v) is 3.94. The van der Waals surface area contributed by atoms with Crippen LogP contribution in [0, 0.1) is 0 Å². The smallest absolute Gasteiger partial charge is 0.191 e. The SMILES string of the molecule is c1coc(CCNC(=NCc2ccn(C3CCCC3)n2)NCC2CCCO2)c1. The lowest BCUT2D eigenvalue weighted by atomic mass is 10.2. The van der Waals surface area contributed by atoms with E-state index in [0.29, 0.717) is 12.6 Å². The number of nitrogens with zero attached hydrogens (tertiary/aromatic N) is 3. The lowest BCUT2D eigenvalue weighted by Crippen LogP contribution is -2.41. The van der Waals surface area contributed by atoms with E-state index in [0.717, 1.165) is 56.4 Å². The Kier molecular flexibility index (Phi) is 6.65. The van der Waals surface area contributed by atoms with Crippen molar-refractivity contribution in [3.8, 4) is 0 Å². The van der Waals surface area contributed by atoms with Crippen molar-refractivity contribution >= 4 is 5.96 Å². The standard InChI is InChI=1S/C21H31N5O2/c1-2-6-18(5-1)26-12-10-17(25-26)15-23-21(24-16-20-8-4-14-28-20)22-11-9-19-7-3-13-27-19/h3,7,10,12-13,18,20H,1-2,4-6,8-9,11,14-16H2,(H2,22,23,24). The molecule has 2 aromatic rings. The van der Waals surface area contributed by atoms with Gasteiger partial charge in [0.2, 0.25) is 0 Å². The Morgan fingerprint density at radius 3 is 2.89 bits per heavy atom. The summed E-state index contributed by atoms with van der Waals surface area (Å²) in [6.07, 6.45) is 12.3. The monoisotopic (exact) mass is 385 g/mol. The molecule has 2 aliphatic rings. The first-order valence-corrected chi connectivity index (χ1v) is 10.6. The molecule has 2 N–H and O–H groups in total. The molecule has 7 heteroatoms. The quantitative estimate of drug-likeness (QED) is 0.539. The number of hydrogen-bond acceptors (Lipinski definition) is 4. The van der Waals surface area contributed by atoms with Crippen LogP contribution >= 0.6 is 0 Å². The minimum atomic E-state index is 0.277. The van der Waals surface area contributed by atoms with Crippen LogP contribution in [0.25, 0.3) is 0 Å². The number of guanidine groups is 1. The Labute approximate surface area is 166 Å². The number of aromatic nitrogens is 2. The van der Waals surface area contributed by atoms with Gasteiger partial charge >= 0.3 is 0 Å². The van der Waals surface area contributed by atoms with Crippen LogP contribution in [-0.4, -0.2) is 41.5 Å². The molecule has 0 aromatic carbocycles. The second kappa shape index (κ2) is 9.78. The highest BCUT2D eigenvalue weighted by molar-refractivity contribution is 5.79. The second-order valence-electron chi connectivity index (χ2n) is 7.66. The molecule has 2 fully saturated rings. The largest absolute Gasteiger partial charge is 0.469 e. The molecule has 0 amide bonds. The van der Waals surface area contributed by atoms with E-state index in [2.05, 4.69) is 27.6 Å². The van der Waals surface area contributed by atoms with Gasteiger partial charge in [-0.05, 0) is 43.9 Å². The predicted octanol–water partition coefficient (Wildman–Crippen LogP) is 3.05. The molecule has 0 bridgehead atoms. The lowest BCUT2D eigenvalue weighted by Gasteiger charge is -2.15. The summed E-state index contributed by atoms with van der Waals surface area (Å²) in [7, 11) is 0. The molecular formula is C21H31N5O2. The van der Waals surface area contributed by atoms with Crippen LogP contribution in [0.3, 0.4) is 0 Å². The van der Waals surface area contributed by atoms with Gasteiger partial charge in [-0.2, -0.15) is 5.10 Å². The Morgan fingerprint density at radius 2 is 2.11 bits per heavy atom. The van der Waals surface area contributed by atoms with Gasteiger partial charge in [0.05, 0.1) is 30.6 Å². The molecule has 1 unspecified atom stereocenters. The molecule has 4 rings (SSSR count). The lowest BCUT2D eigenvalue weighted by molar-refractivity contribution is 0.114. The van der Waals surface area contributed by atoms with Crippen LogP contribution in [0.15, 0.2) is 40.1 Å². The summed E-state index contributed by atoms with van der Waals surface area (Å²) in [4.78, 5) is 4.75. The number of rotatable bonds is 8. The molecule has 7 nitrogen and oxygen atoms in total. The molecule has 0 radical (unpaired) electrons. The van der Waals surface area contributed by atoms with Crippen molar-refractivity contribution in [1.29, 1.82) is 0 Å². The Bertz CT molecular complexity index is 728. The first-order chi connectivity index (χ1) is 13.9. The van der Waals surface area contributed by atoms with E-state index < -0.39 is 0 Å². The van der Waals surface area contributed by atoms with Gasteiger partial charge in [0.15, 0.2) is 5.96 Å². The van der Waals surface area contributed by atoms with E-state index in [1.165, 1.54) is 25.7 Å². The zero-order chi connectivity index (χ0) is 19.0. The first kappa shape index (κ1) is 19.1. The van der Waals surface area contributed by atoms with E-state index in [-0.39, 0.29) is 6.10 Å². The first-order valence-electron chi connectivity index (χ1n) is 10.6. The summed E-state index contributed by atoms with van der Waals surface area (Å²) in [5.41, 5.74) is 1.01. The fourth-order valence-electron chi connectivity index (χ4n) is 3.94. The average molecular weight is 386 g/mol. The molecular weight excluding hydrogens is 354 g/mol. The van der Waals surface area contributed by atoms with Gasteiger partial charge in [0.25, 0.3) is 0 Å². The van der Waals surface area contributed by atoms with Gasteiger partial charge in [0, 0.05) is 32.3 Å². The maximum absolute atomic E-state index is 5.71. The number of nitrogens with one attached hydrogen (secondary N) is 2. The minimum Gasteiger partial charge on any atom is -0.469 e. The summed E-state index contributed by atoms with van der Waals surface area (Å²) < 4.78 is 13.2. The molecule has 28 heavy (non-hydrogen) atoms. The summed E-state index contributed by atoms with van der Waals surface area (Å²) in [5, 5.41) is 11.6. The Hall–Kier alpha value is -2.28. The van der Waals surface area contributed by atoms with Crippen molar-refractivity contribution in [3.05, 3.63) is 42.1 Å². The third-order valence-electron chi connectivity index (χ3n) is 5.53. The van der Waals surface area contributed by atoms with Gasteiger partial charge in [0.1, 0.15) is 5.76 Å². The van der Waals surface area contributed by atoms with E-state index in [4.69, 9.17) is 19.2 Å². The molecule has 0 spiro atoms. The third kappa shape index (κ3) is 5.38. The number of hydrogen-bond donors (Lipinski definition) is 2. The molecule has 1 saturated carbocycles. The van der Waals surface area contributed by atoms with Gasteiger partial charge in [-0.25, -0.2) is 4.99 Å². The highest BCUT2D eigenvalue weighted by Gasteiger charge is 2.18. The highest BCUT2D eigenvalue weighted by Crippen LogP contribution is 2.28. The van der Waals surface area contributed by atoms with Crippen molar-refractivity contribution in [2.45, 2.75) is 63.6 Å². The van der Waals surface area contributed by atoms with Gasteiger partial charge in [-0.1, -0.05) is 12.8 Å². The van der Waals surface area contributed by atoms with Gasteiger partial charge in [-0.15, -0.1) is 0 Å². The van der Waals surface area contributed by atoms with E-state index in [1.807, 2.05) is 12.1 Å². The highest BCUT2D eigenvalue weighted by atomic mass is 16.5.